The Morgan fingerprint density at radius 3 is 2.59 bits per heavy atom. The molecule has 0 saturated heterocycles. The molecule has 4 aromatic rings. The highest BCUT2D eigenvalue weighted by atomic mass is 79.9. The molecule has 0 radical (unpaired) electrons. The molecule has 0 saturated carbocycles. The van der Waals surface area contributed by atoms with E-state index >= 15 is 0 Å². The van der Waals surface area contributed by atoms with Crippen molar-refractivity contribution in [2.75, 3.05) is 5.43 Å². The number of nitrogens with zero attached hydrogens (tertiary/aromatic N) is 3. The summed E-state index contributed by atoms with van der Waals surface area (Å²) < 4.78 is 8.67. The van der Waals surface area contributed by atoms with Crippen LogP contribution in [0.3, 0.4) is 0 Å². The van der Waals surface area contributed by atoms with Crippen molar-refractivity contribution in [1.82, 2.24) is 20.2 Å². The van der Waals surface area contributed by atoms with Crippen molar-refractivity contribution in [2.45, 2.75) is 41.0 Å². The number of carbonyl (C=O) groups is 1. The van der Waals surface area contributed by atoms with Gasteiger partial charge in [-0.15, -0.1) is 0 Å². The number of halogens is 1. The first kappa shape index (κ1) is 22.1. The van der Waals surface area contributed by atoms with Crippen LogP contribution in [-0.4, -0.2) is 20.7 Å². The highest BCUT2D eigenvalue weighted by Crippen LogP contribution is 2.29. The predicted octanol–water partition coefficient (Wildman–Crippen LogP) is 5.21. The summed E-state index contributed by atoms with van der Waals surface area (Å²) in [5.74, 6) is 1.14. The normalized spacial score (nSPS) is 11.2. The van der Waals surface area contributed by atoms with E-state index in [1.165, 1.54) is 22.3 Å². The molecule has 8 heteroatoms. The summed E-state index contributed by atoms with van der Waals surface area (Å²) in [6, 6.07) is 7.56. The number of pyridine rings is 1. The fourth-order valence-electron chi connectivity index (χ4n) is 4.15. The average molecular weight is 496 g/mol. The maximum absolute atomic E-state index is 12.6. The third-order valence-corrected chi connectivity index (χ3v) is 6.96. The number of anilines is 1. The van der Waals surface area contributed by atoms with Crippen molar-refractivity contribution in [3.05, 3.63) is 73.8 Å². The number of rotatable bonds is 5. The summed E-state index contributed by atoms with van der Waals surface area (Å²) in [5, 5.41) is 5.44. The molecule has 0 aliphatic rings. The van der Waals surface area contributed by atoms with Crippen LogP contribution >= 0.6 is 15.9 Å². The number of benzene rings is 1. The molecule has 1 aromatic carbocycles. The van der Waals surface area contributed by atoms with Crippen LogP contribution in [0.1, 0.15) is 49.8 Å². The molecule has 0 aliphatic carbocycles. The number of nitrogens with one attached hydrogen (secondary N) is 2. The highest BCUT2D eigenvalue weighted by molar-refractivity contribution is 9.10. The van der Waals surface area contributed by atoms with Gasteiger partial charge in [0.2, 0.25) is 0 Å². The number of fused-ring (bicyclic) bond motifs is 1. The second-order valence-corrected chi connectivity index (χ2v) is 8.97. The molecule has 7 nitrogen and oxygen atoms in total. The van der Waals surface area contributed by atoms with E-state index in [2.05, 4.69) is 63.7 Å². The molecule has 0 bridgehead atoms. The fourth-order valence-corrected chi connectivity index (χ4v) is 4.50. The molecular weight excluding hydrogens is 470 g/mol. The van der Waals surface area contributed by atoms with Gasteiger partial charge in [0.05, 0.1) is 5.69 Å². The topological polar surface area (TPSA) is 85.0 Å². The fraction of sp³-hybridized carbons (Fsp3) is 0.292. The quantitative estimate of drug-likeness (QED) is 0.371. The van der Waals surface area contributed by atoms with Crippen molar-refractivity contribution >= 4 is 38.7 Å². The largest absolute Gasteiger partial charge is 0.456 e. The number of aromatic nitrogens is 3. The molecule has 2 N–H and O–H groups in total. The number of furan rings is 1. The van der Waals surface area contributed by atoms with Gasteiger partial charge in [0.15, 0.2) is 11.4 Å². The Morgan fingerprint density at radius 1 is 1.09 bits per heavy atom. The Labute approximate surface area is 195 Å². The Bertz CT molecular complexity index is 1350. The lowest BCUT2D eigenvalue weighted by molar-refractivity contribution is 0.0933. The summed E-state index contributed by atoms with van der Waals surface area (Å²) >= 11 is 3.66. The lowest BCUT2D eigenvalue weighted by Gasteiger charge is -2.13. The van der Waals surface area contributed by atoms with E-state index in [9.17, 15) is 4.79 Å². The molecule has 3 heterocycles. The van der Waals surface area contributed by atoms with Crippen molar-refractivity contribution in [2.24, 2.45) is 7.05 Å². The Balaban J connectivity index is 1.48. The van der Waals surface area contributed by atoms with Crippen LogP contribution in [-0.2, 0) is 13.5 Å². The summed E-state index contributed by atoms with van der Waals surface area (Å²) in [6.07, 6.45) is 0.620. The molecule has 0 atom stereocenters. The van der Waals surface area contributed by atoms with Crippen LogP contribution in [0.15, 0.2) is 33.2 Å². The first-order valence-electron chi connectivity index (χ1n) is 10.4. The Kier molecular flexibility index (Phi) is 5.81. The minimum atomic E-state index is -0.365. The van der Waals surface area contributed by atoms with E-state index in [0.717, 1.165) is 32.5 Å². The van der Waals surface area contributed by atoms with E-state index in [4.69, 9.17) is 4.42 Å². The standard InChI is InChI=1S/C24H26BrN5O2/c1-12-9-14(3)22(25)15(4)18(12)11-17-7-8-19(32-17)24(31)28-27-20-10-13(2)21-16(5)29-30(6)23(21)26-20/h7-10H,11H2,1-6H3,(H,26,27)(H,28,31). The minimum Gasteiger partial charge on any atom is -0.456 e. The molecule has 1 amide bonds. The molecule has 0 fully saturated rings. The second-order valence-electron chi connectivity index (χ2n) is 8.18. The maximum Gasteiger partial charge on any atom is 0.305 e. The number of hydrogen-bond donors (Lipinski definition) is 2. The SMILES string of the molecule is Cc1cc(C)c(Cc2ccc(C(=O)NNc3cc(C)c4c(C)nn(C)c4n3)o2)c(C)c1Br. The first-order chi connectivity index (χ1) is 15.2. The number of carbonyl (C=O) groups excluding carboxylic acids is 1. The minimum absolute atomic E-state index is 0.239. The zero-order valence-corrected chi connectivity index (χ0v) is 20.6. The van der Waals surface area contributed by atoms with Crippen LogP contribution in [0.25, 0.3) is 11.0 Å². The van der Waals surface area contributed by atoms with Gasteiger partial charge < -0.3 is 4.42 Å². The van der Waals surface area contributed by atoms with Crippen LogP contribution in [0.2, 0.25) is 0 Å². The van der Waals surface area contributed by atoms with Gasteiger partial charge in [-0.05, 0) is 80.6 Å². The van der Waals surface area contributed by atoms with Gasteiger partial charge in [0.1, 0.15) is 11.6 Å². The van der Waals surface area contributed by atoms with E-state index in [0.29, 0.717) is 12.2 Å². The van der Waals surface area contributed by atoms with Crippen LogP contribution in [0, 0.1) is 34.6 Å². The van der Waals surface area contributed by atoms with E-state index < -0.39 is 0 Å². The third kappa shape index (κ3) is 4.02. The van der Waals surface area contributed by atoms with Gasteiger partial charge in [-0.3, -0.25) is 20.3 Å². The van der Waals surface area contributed by atoms with Gasteiger partial charge in [-0.25, -0.2) is 4.98 Å². The molecule has 32 heavy (non-hydrogen) atoms. The van der Waals surface area contributed by atoms with Crippen molar-refractivity contribution in [3.63, 3.8) is 0 Å². The molecule has 166 valence electrons. The van der Waals surface area contributed by atoms with E-state index in [1.54, 1.807) is 10.7 Å². The van der Waals surface area contributed by atoms with Gasteiger partial charge >= 0.3 is 5.91 Å². The molecule has 3 aromatic heterocycles. The summed E-state index contributed by atoms with van der Waals surface area (Å²) in [6.45, 7) is 10.2. The summed E-state index contributed by atoms with van der Waals surface area (Å²) in [7, 11) is 1.85. The third-order valence-electron chi connectivity index (χ3n) is 5.74. The average Bonchev–Trinajstić information content (AvgIpc) is 3.32. The van der Waals surface area contributed by atoms with Crippen LogP contribution in [0.5, 0.6) is 0 Å². The van der Waals surface area contributed by atoms with Crippen molar-refractivity contribution in [1.29, 1.82) is 0 Å². The summed E-state index contributed by atoms with van der Waals surface area (Å²) in [4.78, 5) is 17.2. The van der Waals surface area contributed by atoms with Gasteiger partial charge in [-0.2, -0.15) is 5.10 Å². The molecule has 4 rings (SSSR count). The van der Waals surface area contributed by atoms with Crippen LogP contribution < -0.4 is 10.9 Å². The number of aryl methyl sites for hydroxylation is 5. The Morgan fingerprint density at radius 2 is 1.84 bits per heavy atom. The van der Waals surface area contributed by atoms with E-state index in [1.807, 2.05) is 33.0 Å². The van der Waals surface area contributed by atoms with Gasteiger partial charge in [-0.1, -0.05) is 22.0 Å². The van der Waals surface area contributed by atoms with Crippen molar-refractivity contribution in [3.8, 4) is 0 Å². The van der Waals surface area contributed by atoms with Gasteiger partial charge in [0.25, 0.3) is 0 Å². The first-order valence-corrected chi connectivity index (χ1v) is 11.2. The molecule has 0 spiro atoms. The van der Waals surface area contributed by atoms with Crippen LogP contribution in [0.4, 0.5) is 5.82 Å². The zero-order valence-electron chi connectivity index (χ0n) is 19.1. The van der Waals surface area contributed by atoms with Gasteiger partial charge in [0, 0.05) is 23.3 Å². The highest BCUT2D eigenvalue weighted by Gasteiger charge is 2.16. The van der Waals surface area contributed by atoms with E-state index in [-0.39, 0.29) is 11.7 Å². The number of amides is 1. The zero-order chi connectivity index (χ0) is 23.2. The number of hydrogen-bond acceptors (Lipinski definition) is 5. The summed E-state index contributed by atoms with van der Waals surface area (Å²) in [5.41, 5.74) is 13.1. The molecule has 0 unspecified atom stereocenters. The number of hydrazine groups is 1. The second kappa shape index (κ2) is 8.43. The Hall–Kier alpha value is -3.13. The van der Waals surface area contributed by atoms with Crippen molar-refractivity contribution < 1.29 is 9.21 Å². The monoisotopic (exact) mass is 495 g/mol. The predicted molar refractivity (Wildman–Crippen MR) is 129 cm³/mol. The maximum atomic E-state index is 12.6. The lowest BCUT2D eigenvalue weighted by Crippen LogP contribution is -2.29. The molecule has 0 aliphatic heterocycles. The smallest absolute Gasteiger partial charge is 0.305 e. The lowest BCUT2D eigenvalue weighted by atomic mass is 9.96. The molecular formula is C24H26BrN5O2.